The van der Waals surface area contributed by atoms with Gasteiger partial charge in [-0.2, -0.15) is 0 Å². The van der Waals surface area contributed by atoms with E-state index in [-0.39, 0.29) is 0 Å². The van der Waals surface area contributed by atoms with Gasteiger partial charge in [0.25, 0.3) is 0 Å². The van der Waals surface area contributed by atoms with Crippen LogP contribution in [0.3, 0.4) is 0 Å². The highest BCUT2D eigenvalue weighted by molar-refractivity contribution is 7.58. The predicted molar refractivity (Wildman–Crippen MR) is 63.4 cm³/mol. The first-order valence-corrected chi connectivity index (χ1v) is 7.90. The Morgan fingerprint density at radius 2 is 1.50 bits per heavy atom. The van der Waals surface area contributed by atoms with Crippen molar-refractivity contribution in [3.8, 4) is 0 Å². The van der Waals surface area contributed by atoms with E-state index >= 15 is 0 Å². The standard InChI is InChI=1S/C11H25O2P/c1-4-7-8-9-13-14(12,10-5-2)11-6-3/h4-11H2,1-3H3. The smallest absolute Gasteiger partial charge is 0.203 e. The topological polar surface area (TPSA) is 26.3 Å². The Kier molecular flexibility index (Phi) is 8.61. The van der Waals surface area contributed by atoms with E-state index in [1.165, 1.54) is 12.8 Å². The molecule has 2 nitrogen and oxygen atoms in total. The zero-order valence-corrected chi connectivity index (χ0v) is 10.8. The maximum absolute atomic E-state index is 12.2. The Labute approximate surface area is 88.9 Å². The first-order valence-electron chi connectivity index (χ1n) is 5.91. The Balaban J connectivity index is 3.78. The maximum atomic E-state index is 12.2. The van der Waals surface area contributed by atoms with Gasteiger partial charge in [0.2, 0.25) is 7.37 Å². The number of hydrogen-bond acceptors (Lipinski definition) is 2. The van der Waals surface area contributed by atoms with Crippen molar-refractivity contribution in [3.63, 3.8) is 0 Å². The van der Waals surface area contributed by atoms with Crippen molar-refractivity contribution in [3.05, 3.63) is 0 Å². The van der Waals surface area contributed by atoms with Crippen LogP contribution in [-0.2, 0) is 9.09 Å². The van der Waals surface area contributed by atoms with E-state index in [0.29, 0.717) is 6.61 Å². The zero-order chi connectivity index (χ0) is 10.9. The minimum absolute atomic E-state index is 0.686. The molecular formula is C11H25O2P. The monoisotopic (exact) mass is 220 g/mol. The molecule has 0 N–H and O–H groups in total. The lowest BCUT2D eigenvalue weighted by Gasteiger charge is -2.17. The van der Waals surface area contributed by atoms with Gasteiger partial charge in [-0.1, -0.05) is 33.6 Å². The van der Waals surface area contributed by atoms with Gasteiger partial charge in [0.1, 0.15) is 0 Å². The van der Waals surface area contributed by atoms with Crippen LogP contribution in [0.2, 0.25) is 0 Å². The molecule has 3 heteroatoms. The van der Waals surface area contributed by atoms with E-state index in [1.807, 2.05) is 0 Å². The number of rotatable bonds is 9. The summed E-state index contributed by atoms with van der Waals surface area (Å²) in [4.78, 5) is 0. The van der Waals surface area contributed by atoms with Crippen LogP contribution in [0.15, 0.2) is 0 Å². The highest BCUT2D eigenvalue weighted by Crippen LogP contribution is 2.47. The quantitative estimate of drug-likeness (QED) is 0.428. The summed E-state index contributed by atoms with van der Waals surface area (Å²) in [5.41, 5.74) is 0. The lowest BCUT2D eigenvalue weighted by Crippen LogP contribution is -2.00. The van der Waals surface area contributed by atoms with Gasteiger partial charge < -0.3 is 4.52 Å². The first kappa shape index (κ1) is 14.2. The van der Waals surface area contributed by atoms with E-state index in [1.54, 1.807) is 0 Å². The van der Waals surface area contributed by atoms with Crippen molar-refractivity contribution in [1.29, 1.82) is 0 Å². The third kappa shape index (κ3) is 6.62. The molecule has 0 radical (unpaired) electrons. The van der Waals surface area contributed by atoms with Gasteiger partial charge in [-0.05, 0) is 19.3 Å². The Hall–Kier alpha value is 0.190. The van der Waals surface area contributed by atoms with Crippen LogP contribution in [0.25, 0.3) is 0 Å². The minimum atomic E-state index is -2.26. The van der Waals surface area contributed by atoms with Gasteiger partial charge in [0.05, 0.1) is 6.61 Å². The minimum Gasteiger partial charge on any atom is -0.328 e. The van der Waals surface area contributed by atoms with E-state index in [2.05, 4.69) is 20.8 Å². The van der Waals surface area contributed by atoms with Gasteiger partial charge in [-0.3, -0.25) is 4.57 Å². The molecule has 86 valence electrons. The normalized spacial score (nSPS) is 11.9. The van der Waals surface area contributed by atoms with Crippen molar-refractivity contribution in [2.75, 3.05) is 18.9 Å². The van der Waals surface area contributed by atoms with Crippen molar-refractivity contribution in [2.45, 2.75) is 52.9 Å². The van der Waals surface area contributed by atoms with Crippen LogP contribution in [0, 0.1) is 0 Å². The highest BCUT2D eigenvalue weighted by Gasteiger charge is 2.19. The molecule has 0 saturated carbocycles. The summed E-state index contributed by atoms with van der Waals surface area (Å²) in [6.07, 6.45) is 6.86. The highest BCUT2D eigenvalue weighted by atomic mass is 31.2. The van der Waals surface area contributed by atoms with Gasteiger partial charge in [0.15, 0.2) is 0 Å². The second-order valence-electron chi connectivity index (χ2n) is 3.80. The largest absolute Gasteiger partial charge is 0.328 e. The number of unbranched alkanes of at least 4 members (excludes halogenated alkanes) is 2. The molecule has 0 aliphatic carbocycles. The zero-order valence-electron chi connectivity index (χ0n) is 9.92. The van der Waals surface area contributed by atoms with Crippen molar-refractivity contribution < 1.29 is 9.09 Å². The molecule has 0 aromatic rings. The fraction of sp³-hybridized carbons (Fsp3) is 1.00. The second kappa shape index (κ2) is 8.49. The lowest BCUT2D eigenvalue weighted by atomic mass is 10.3. The Morgan fingerprint density at radius 1 is 0.929 bits per heavy atom. The molecule has 0 amide bonds. The van der Waals surface area contributed by atoms with Crippen LogP contribution in [-0.4, -0.2) is 18.9 Å². The van der Waals surface area contributed by atoms with E-state index < -0.39 is 7.37 Å². The molecule has 0 aromatic carbocycles. The summed E-state index contributed by atoms with van der Waals surface area (Å²) in [7, 11) is -2.26. The lowest BCUT2D eigenvalue weighted by molar-refractivity contribution is 0.302. The molecular weight excluding hydrogens is 195 g/mol. The van der Waals surface area contributed by atoms with Crippen LogP contribution in [0.1, 0.15) is 52.9 Å². The average Bonchev–Trinajstić information content (AvgIpc) is 2.13. The van der Waals surface area contributed by atoms with Crippen molar-refractivity contribution in [2.24, 2.45) is 0 Å². The van der Waals surface area contributed by atoms with Crippen molar-refractivity contribution >= 4 is 7.37 Å². The summed E-state index contributed by atoms with van der Waals surface area (Å²) in [5.74, 6) is 0. The Bertz CT molecular complexity index is 159. The third-order valence-electron chi connectivity index (χ3n) is 2.20. The van der Waals surface area contributed by atoms with Crippen molar-refractivity contribution in [1.82, 2.24) is 0 Å². The van der Waals surface area contributed by atoms with Crippen LogP contribution in [0.4, 0.5) is 0 Å². The van der Waals surface area contributed by atoms with Gasteiger partial charge >= 0.3 is 0 Å². The molecule has 14 heavy (non-hydrogen) atoms. The molecule has 0 spiro atoms. The first-order chi connectivity index (χ1) is 6.68. The molecule has 0 bridgehead atoms. The molecule has 0 aliphatic rings. The molecule has 0 saturated heterocycles. The summed E-state index contributed by atoms with van der Waals surface area (Å²) in [6.45, 7) is 6.98. The van der Waals surface area contributed by atoms with E-state index in [0.717, 1.165) is 31.6 Å². The van der Waals surface area contributed by atoms with Crippen LogP contribution < -0.4 is 0 Å². The summed E-state index contributed by atoms with van der Waals surface area (Å²) >= 11 is 0. The molecule has 0 rings (SSSR count). The molecule has 0 unspecified atom stereocenters. The van der Waals surface area contributed by atoms with Crippen LogP contribution in [0.5, 0.6) is 0 Å². The average molecular weight is 220 g/mol. The molecule has 0 aliphatic heterocycles. The van der Waals surface area contributed by atoms with E-state index in [9.17, 15) is 4.57 Å². The molecule has 0 atom stereocenters. The Morgan fingerprint density at radius 3 is 1.93 bits per heavy atom. The van der Waals surface area contributed by atoms with Gasteiger partial charge in [0, 0.05) is 12.3 Å². The summed E-state index contributed by atoms with van der Waals surface area (Å²) in [5, 5.41) is 0. The molecule has 0 heterocycles. The third-order valence-corrected chi connectivity index (χ3v) is 5.11. The fourth-order valence-corrected chi connectivity index (χ4v) is 3.81. The van der Waals surface area contributed by atoms with Gasteiger partial charge in [-0.15, -0.1) is 0 Å². The summed E-state index contributed by atoms with van der Waals surface area (Å²) in [6, 6.07) is 0. The summed E-state index contributed by atoms with van der Waals surface area (Å²) < 4.78 is 17.7. The van der Waals surface area contributed by atoms with Crippen LogP contribution >= 0.6 is 7.37 Å². The molecule has 0 aromatic heterocycles. The van der Waals surface area contributed by atoms with Gasteiger partial charge in [-0.25, -0.2) is 0 Å². The number of hydrogen-bond donors (Lipinski definition) is 0. The van der Waals surface area contributed by atoms with E-state index in [4.69, 9.17) is 4.52 Å². The predicted octanol–water partition coefficient (Wildman–Crippen LogP) is 4.29. The second-order valence-corrected chi connectivity index (χ2v) is 6.58. The maximum Gasteiger partial charge on any atom is 0.203 e. The fourth-order valence-electron chi connectivity index (χ4n) is 1.51. The SMILES string of the molecule is CCCCCOP(=O)(CCC)CCC. The molecule has 0 fully saturated rings.